The summed E-state index contributed by atoms with van der Waals surface area (Å²) < 4.78 is 0. The van der Waals surface area contributed by atoms with Gasteiger partial charge in [-0.05, 0) is 44.2 Å². The van der Waals surface area contributed by atoms with Gasteiger partial charge < -0.3 is 10.2 Å². The molecule has 3 heterocycles. The molecular weight excluding hydrogens is 310 g/mol. The summed E-state index contributed by atoms with van der Waals surface area (Å²) in [7, 11) is 0. The van der Waals surface area contributed by atoms with Crippen molar-refractivity contribution in [2.24, 2.45) is 0 Å². The third kappa shape index (κ3) is 3.91. The van der Waals surface area contributed by atoms with Crippen LogP contribution in [0.4, 0.5) is 11.8 Å². The lowest BCUT2D eigenvalue weighted by Crippen LogP contribution is -2.31. The van der Waals surface area contributed by atoms with E-state index in [0.717, 1.165) is 36.1 Å². The highest BCUT2D eigenvalue weighted by molar-refractivity contribution is 5.72. The van der Waals surface area contributed by atoms with Gasteiger partial charge in [0.25, 0.3) is 0 Å². The van der Waals surface area contributed by atoms with Gasteiger partial charge in [0.1, 0.15) is 5.82 Å². The smallest absolute Gasteiger partial charge is 0.227 e. The molecule has 2 fully saturated rings. The second-order valence-corrected chi connectivity index (χ2v) is 7.17. The van der Waals surface area contributed by atoms with E-state index in [-0.39, 0.29) is 0 Å². The van der Waals surface area contributed by atoms with Crippen LogP contribution in [0.3, 0.4) is 0 Å². The van der Waals surface area contributed by atoms with Crippen LogP contribution in [0.1, 0.15) is 51.4 Å². The van der Waals surface area contributed by atoms with Crippen molar-refractivity contribution < 1.29 is 0 Å². The highest BCUT2D eigenvalue weighted by atomic mass is 15.3. The molecule has 25 heavy (non-hydrogen) atoms. The van der Waals surface area contributed by atoms with Gasteiger partial charge in [0, 0.05) is 31.5 Å². The second kappa shape index (κ2) is 7.81. The van der Waals surface area contributed by atoms with Gasteiger partial charge in [-0.1, -0.05) is 25.3 Å². The minimum absolute atomic E-state index is 0.514. The summed E-state index contributed by atoms with van der Waals surface area (Å²) >= 11 is 0. The average Bonchev–Trinajstić information content (AvgIpc) is 2.70. The van der Waals surface area contributed by atoms with E-state index >= 15 is 0 Å². The van der Waals surface area contributed by atoms with Crippen LogP contribution in [0.15, 0.2) is 30.6 Å². The van der Waals surface area contributed by atoms with Gasteiger partial charge in [0.2, 0.25) is 5.95 Å². The lowest BCUT2D eigenvalue weighted by atomic mass is 9.95. The van der Waals surface area contributed by atoms with Crippen molar-refractivity contribution in [3.8, 4) is 11.3 Å². The van der Waals surface area contributed by atoms with Crippen molar-refractivity contribution in [1.29, 1.82) is 0 Å². The Bertz CT molecular complexity index is 676. The highest BCUT2D eigenvalue weighted by Gasteiger charge is 2.20. The Kier molecular flexibility index (Phi) is 5.09. The number of aromatic nitrogens is 3. The van der Waals surface area contributed by atoms with Crippen molar-refractivity contribution in [2.75, 3.05) is 23.3 Å². The van der Waals surface area contributed by atoms with E-state index in [1.807, 2.05) is 30.6 Å². The van der Waals surface area contributed by atoms with Crippen molar-refractivity contribution >= 4 is 11.8 Å². The van der Waals surface area contributed by atoms with E-state index in [1.165, 1.54) is 51.4 Å². The number of pyridine rings is 1. The number of nitrogens with zero attached hydrogens (tertiary/aromatic N) is 4. The SMILES string of the molecule is c1ccc(-c2cnc(N3CCCCC3)nc2NC2CCCCC2)nc1. The molecule has 132 valence electrons. The van der Waals surface area contributed by atoms with Gasteiger partial charge in [0.15, 0.2) is 0 Å². The molecule has 2 aliphatic rings. The molecule has 2 aromatic rings. The number of hydrogen-bond acceptors (Lipinski definition) is 5. The fourth-order valence-corrected chi connectivity index (χ4v) is 3.88. The van der Waals surface area contributed by atoms with Crippen LogP contribution < -0.4 is 10.2 Å². The molecule has 0 unspecified atom stereocenters. The van der Waals surface area contributed by atoms with Crippen molar-refractivity contribution in [3.63, 3.8) is 0 Å². The van der Waals surface area contributed by atoms with Crippen LogP contribution in [-0.2, 0) is 0 Å². The predicted molar refractivity (Wildman–Crippen MR) is 102 cm³/mol. The maximum absolute atomic E-state index is 4.93. The summed E-state index contributed by atoms with van der Waals surface area (Å²) in [6.07, 6.45) is 14.0. The molecule has 0 radical (unpaired) electrons. The molecule has 0 bridgehead atoms. The first-order valence-corrected chi connectivity index (χ1v) is 9.70. The molecule has 1 aliphatic heterocycles. The molecule has 4 rings (SSSR count). The summed E-state index contributed by atoms with van der Waals surface area (Å²) in [4.78, 5) is 16.4. The minimum Gasteiger partial charge on any atom is -0.367 e. The van der Waals surface area contributed by atoms with Gasteiger partial charge >= 0.3 is 0 Å². The zero-order valence-corrected chi connectivity index (χ0v) is 14.8. The number of nitrogens with one attached hydrogen (secondary N) is 1. The molecule has 0 spiro atoms. The van der Waals surface area contributed by atoms with Gasteiger partial charge in [-0.25, -0.2) is 4.98 Å². The maximum Gasteiger partial charge on any atom is 0.227 e. The Hall–Kier alpha value is -2.17. The molecule has 1 N–H and O–H groups in total. The van der Waals surface area contributed by atoms with E-state index in [2.05, 4.69) is 20.2 Å². The second-order valence-electron chi connectivity index (χ2n) is 7.17. The molecule has 0 aromatic carbocycles. The zero-order valence-electron chi connectivity index (χ0n) is 14.8. The van der Waals surface area contributed by atoms with Gasteiger partial charge in [0.05, 0.1) is 11.3 Å². The molecular formula is C20H27N5. The Balaban J connectivity index is 1.65. The molecule has 1 saturated heterocycles. The van der Waals surface area contributed by atoms with Crippen LogP contribution in [0, 0.1) is 0 Å². The topological polar surface area (TPSA) is 53.9 Å². The molecule has 5 heteroatoms. The quantitative estimate of drug-likeness (QED) is 0.903. The fraction of sp³-hybridized carbons (Fsp3) is 0.550. The molecule has 0 amide bonds. The number of hydrogen-bond donors (Lipinski definition) is 1. The summed E-state index contributed by atoms with van der Waals surface area (Å²) in [6, 6.07) is 6.51. The first-order valence-electron chi connectivity index (χ1n) is 9.70. The molecule has 2 aromatic heterocycles. The maximum atomic E-state index is 4.93. The minimum atomic E-state index is 0.514. The third-order valence-corrected chi connectivity index (χ3v) is 5.30. The Morgan fingerprint density at radius 3 is 2.48 bits per heavy atom. The first kappa shape index (κ1) is 16.3. The van der Waals surface area contributed by atoms with Crippen LogP contribution in [0.5, 0.6) is 0 Å². The predicted octanol–water partition coefficient (Wildman–Crippen LogP) is 4.27. The average molecular weight is 337 g/mol. The molecule has 1 saturated carbocycles. The van der Waals surface area contributed by atoms with Gasteiger partial charge in [-0.15, -0.1) is 0 Å². The van der Waals surface area contributed by atoms with Crippen molar-refractivity contribution in [1.82, 2.24) is 15.0 Å². The monoisotopic (exact) mass is 337 g/mol. The van der Waals surface area contributed by atoms with Gasteiger partial charge in [-0.2, -0.15) is 4.98 Å². The standard InChI is InChI=1S/C20H27N5/c1-3-9-16(10-4-1)23-19-17(18-11-5-6-12-21-18)15-22-20(24-19)25-13-7-2-8-14-25/h5-6,11-12,15-16H,1-4,7-10,13-14H2,(H,22,23,24). The van der Waals surface area contributed by atoms with E-state index in [1.54, 1.807) is 0 Å². The van der Waals surface area contributed by atoms with E-state index in [9.17, 15) is 0 Å². The van der Waals surface area contributed by atoms with Crippen molar-refractivity contribution in [3.05, 3.63) is 30.6 Å². The molecule has 1 aliphatic carbocycles. The molecule has 0 atom stereocenters. The first-order chi connectivity index (χ1) is 12.4. The lowest BCUT2D eigenvalue weighted by molar-refractivity contribution is 0.462. The van der Waals surface area contributed by atoms with Crippen LogP contribution >= 0.6 is 0 Å². The number of anilines is 2. The molecule has 5 nitrogen and oxygen atoms in total. The van der Waals surface area contributed by atoms with Gasteiger partial charge in [-0.3, -0.25) is 4.98 Å². The van der Waals surface area contributed by atoms with E-state index in [0.29, 0.717) is 6.04 Å². The fourth-order valence-electron chi connectivity index (χ4n) is 3.88. The summed E-state index contributed by atoms with van der Waals surface area (Å²) in [5, 5.41) is 3.71. The number of rotatable bonds is 4. The largest absolute Gasteiger partial charge is 0.367 e. The summed E-state index contributed by atoms with van der Waals surface area (Å²) in [5.41, 5.74) is 1.94. The van der Waals surface area contributed by atoms with Crippen LogP contribution in [-0.4, -0.2) is 34.1 Å². The van der Waals surface area contributed by atoms with Crippen LogP contribution in [0.2, 0.25) is 0 Å². The summed E-state index contributed by atoms with van der Waals surface area (Å²) in [5.74, 6) is 1.80. The zero-order chi connectivity index (χ0) is 16.9. The normalized spacial score (nSPS) is 19.0. The Morgan fingerprint density at radius 2 is 1.72 bits per heavy atom. The highest BCUT2D eigenvalue weighted by Crippen LogP contribution is 2.29. The van der Waals surface area contributed by atoms with E-state index in [4.69, 9.17) is 4.98 Å². The van der Waals surface area contributed by atoms with Crippen LogP contribution in [0.25, 0.3) is 11.3 Å². The Morgan fingerprint density at radius 1 is 0.920 bits per heavy atom. The third-order valence-electron chi connectivity index (χ3n) is 5.30. The van der Waals surface area contributed by atoms with Crippen molar-refractivity contribution in [2.45, 2.75) is 57.4 Å². The lowest BCUT2D eigenvalue weighted by Gasteiger charge is -2.28. The summed E-state index contributed by atoms with van der Waals surface area (Å²) in [6.45, 7) is 2.12. The van der Waals surface area contributed by atoms with E-state index < -0.39 is 0 Å². The number of piperidine rings is 1. The Labute approximate surface area is 149 Å².